The quantitative estimate of drug-likeness (QED) is 0.574. The van der Waals surface area contributed by atoms with Crippen LogP contribution < -0.4 is 5.32 Å². The van der Waals surface area contributed by atoms with Crippen LogP contribution in [0.5, 0.6) is 0 Å². The maximum atomic E-state index is 5.65. The second-order valence-electron chi connectivity index (χ2n) is 3.88. The van der Waals surface area contributed by atoms with Crippen molar-refractivity contribution in [3.63, 3.8) is 0 Å². The number of nitrogens with one attached hydrogen (secondary N) is 1. The summed E-state index contributed by atoms with van der Waals surface area (Å²) in [7, 11) is 0. The van der Waals surface area contributed by atoms with Crippen LogP contribution in [0.3, 0.4) is 0 Å². The predicted molar refractivity (Wildman–Crippen MR) is 82.0 cm³/mol. The molecular weight excluding hydrogens is 302 g/mol. The van der Waals surface area contributed by atoms with Gasteiger partial charge in [-0.25, -0.2) is 0 Å². The zero-order chi connectivity index (χ0) is 14.5. The first-order valence-corrected chi connectivity index (χ1v) is 7.26. The first-order valence-electron chi connectivity index (χ1n) is 6.41. The minimum absolute atomic E-state index is 0.117. The fourth-order valence-corrected chi connectivity index (χ4v) is 1.56. The maximum absolute atomic E-state index is 5.65. The van der Waals surface area contributed by atoms with Crippen molar-refractivity contribution < 1.29 is 23.7 Å². The lowest BCUT2D eigenvalue weighted by Crippen LogP contribution is -2.35. The van der Waals surface area contributed by atoms with Crippen molar-refractivity contribution in [2.24, 2.45) is 0 Å². The van der Waals surface area contributed by atoms with Crippen molar-refractivity contribution in [1.29, 1.82) is 0 Å². The van der Waals surface area contributed by atoms with Gasteiger partial charge in [-0.3, -0.25) is 0 Å². The Morgan fingerprint density at radius 2 is 1.70 bits per heavy atom. The Hall–Kier alpha value is -0.540. The van der Waals surface area contributed by atoms with Crippen LogP contribution in [0.1, 0.15) is 0 Å². The molecule has 0 aromatic carbocycles. The van der Waals surface area contributed by atoms with Gasteiger partial charge in [0, 0.05) is 6.54 Å². The lowest BCUT2D eigenvalue weighted by Gasteiger charge is -2.18. The molecule has 116 valence electrons. The van der Waals surface area contributed by atoms with E-state index in [2.05, 4.69) is 17.9 Å². The molecule has 1 aliphatic rings. The smallest absolute Gasteiger partial charge is 0.130 e. The van der Waals surface area contributed by atoms with Gasteiger partial charge in [0.15, 0.2) is 0 Å². The summed E-state index contributed by atoms with van der Waals surface area (Å²) < 4.78 is 27.3. The summed E-state index contributed by atoms with van der Waals surface area (Å²) in [6.07, 6.45) is 2.88. The van der Waals surface area contributed by atoms with E-state index in [1.807, 2.05) is 0 Å². The van der Waals surface area contributed by atoms with Gasteiger partial charge >= 0.3 is 0 Å². The average Bonchev–Trinajstić information content (AvgIpc) is 2.44. The van der Waals surface area contributed by atoms with Gasteiger partial charge in [0.05, 0.1) is 39.1 Å². The average molecular weight is 323 g/mol. The van der Waals surface area contributed by atoms with Crippen LogP contribution in [-0.4, -0.2) is 63.2 Å². The van der Waals surface area contributed by atoms with Crippen LogP contribution in [-0.2, 0) is 23.7 Å². The molecule has 0 saturated heterocycles. The number of rotatable bonds is 2. The monoisotopic (exact) mass is 323 g/mol. The SMILES string of the molecule is S=C(S)NCC1COCCOCCO/C=C\OCCO1. The normalized spacial score (nSPS) is 24.4. The Morgan fingerprint density at radius 3 is 2.45 bits per heavy atom. The summed E-state index contributed by atoms with van der Waals surface area (Å²) in [5, 5.41) is 2.94. The van der Waals surface area contributed by atoms with E-state index in [0.717, 1.165) is 0 Å². The standard InChI is InChI=1S/C12H21NO5S2/c19-12(20)13-9-11-10-17-6-5-15-2-1-14-3-4-16-7-8-18-11/h3-4,11H,1-2,5-10H2,(H2,13,19,20)/b4-3-. The molecule has 1 N–H and O–H groups in total. The third-order valence-electron chi connectivity index (χ3n) is 2.30. The zero-order valence-electron chi connectivity index (χ0n) is 11.3. The molecule has 20 heavy (non-hydrogen) atoms. The highest BCUT2D eigenvalue weighted by Crippen LogP contribution is 1.96. The molecule has 0 aromatic rings. The predicted octanol–water partition coefficient (Wildman–Crippen LogP) is 0.727. The highest BCUT2D eigenvalue weighted by atomic mass is 32.1. The molecular formula is C12H21NO5S2. The summed E-state index contributed by atoms with van der Waals surface area (Å²) >= 11 is 8.86. The largest absolute Gasteiger partial charge is 0.496 e. The van der Waals surface area contributed by atoms with E-state index in [9.17, 15) is 0 Å². The van der Waals surface area contributed by atoms with E-state index in [4.69, 9.17) is 35.9 Å². The van der Waals surface area contributed by atoms with E-state index in [1.165, 1.54) is 12.5 Å². The Balaban J connectivity index is 2.31. The maximum Gasteiger partial charge on any atom is 0.130 e. The van der Waals surface area contributed by atoms with Crippen LogP contribution in [0.4, 0.5) is 0 Å². The topological polar surface area (TPSA) is 58.2 Å². The molecule has 0 spiro atoms. The molecule has 1 rings (SSSR count). The number of thiocarbonyl (C=S) groups is 1. The minimum Gasteiger partial charge on any atom is -0.496 e. The Labute approximate surface area is 130 Å². The van der Waals surface area contributed by atoms with E-state index < -0.39 is 0 Å². The molecule has 0 aliphatic carbocycles. The van der Waals surface area contributed by atoms with Gasteiger partial charge in [-0.1, -0.05) is 12.2 Å². The van der Waals surface area contributed by atoms with Crippen LogP contribution >= 0.6 is 24.8 Å². The molecule has 0 fully saturated rings. The first-order chi connectivity index (χ1) is 9.79. The molecule has 0 bridgehead atoms. The number of hydrogen-bond acceptors (Lipinski definition) is 6. The summed E-state index contributed by atoms with van der Waals surface area (Å²) in [4.78, 5) is 0. The van der Waals surface area contributed by atoms with Gasteiger partial charge in [0.2, 0.25) is 0 Å². The van der Waals surface area contributed by atoms with E-state index in [-0.39, 0.29) is 6.10 Å². The summed E-state index contributed by atoms with van der Waals surface area (Å²) in [5.41, 5.74) is 0. The lowest BCUT2D eigenvalue weighted by atomic mass is 10.4. The molecule has 0 aromatic heterocycles. The van der Waals surface area contributed by atoms with Gasteiger partial charge in [0.1, 0.15) is 30.1 Å². The van der Waals surface area contributed by atoms with Crippen molar-refractivity contribution in [3.05, 3.63) is 12.5 Å². The number of ether oxygens (including phenoxy) is 5. The van der Waals surface area contributed by atoms with Gasteiger partial charge in [-0.2, -0.15) is 0 Å². The van der Waals surface area contributed by atoms with Gasteiger partial charge in [-0.05, 0) is 0 Å². The van der Waals surface area contributed by atoms with Crippen molar-refractivity contribution in [2.75, 3.05) is 52.8 Å². The lowest BCUT2D eigenvalue weighted by molar-refractivity contribution is -0.0381. The molecule has 1 unspecified atom stereocenters. The second kappa shape index (κ2) is 12.2. The van der Waals surface area contributed by atoms with Gasteiger partial charge in [0.25, 0.3) is 0 Å². The molecule has 1 heterocycles. The number of hydrogen-bond donors (Lipinski definition) is 2. The highest BCUT2D eigenvalue weighted by Gasteiger charge is 2.10. The van der Waals surface area contributed by atoms with Crippen LogP contribution in [0.25, 0.3) is 0 Å². The Kier molecular flexibility index (Phi) is 10.7. The van der Waals surface area contributed by atoms with Gasteiger partial charge in [-0.15, -0.1) is 12.6 Å². The van der Waals surface area contributed by atoms with Crippen molar-refractivity contribution in [1.82, 2.24) is 5.32 Å². The van der Waals surface area contributed by atoms with Crippen LogP contribution in [0.15, 0.2) is 12.5 Å². The van der Waals surface area contributed by atoms with Crippen LogP contribution in [0.2, 0.25) is 0 Å². The Bertz CT molecular complexity index is 291. The first kappa shape index (κ1) is 17.5. The van der Waals surface area contributed by atoms with E-state index in [1.54, 1.807) is 0 Å². The third kappa shape index (κ3) is 10.3. The Morgan fingerprint density at radius 1 is 1.05 bits per heavy atom. The zero-order valence-corrected chi connectivity index (χ0v) is 13.0. The van der Waals surface area contributed by atoms with Crippen LogP contribution in [0, 0.1) is 0 Å². The highest BCUT2D eigenvalue weighted by molar-refractivity contribution is 8.11. The fraction of sp³-hybridized carbons (Fsp3) is 0.750. The third-order valence-corrected chi connectivity index (χ3v) is 2.61. The second-order valence-corrected chi connectivity index (χ2v) is 5.04. The molecule has 6 nitrogen and oxygen atoms in total. The van der Waals surface area contributed by atoms with Crippen molar-refractivity contribution in [3.8, 4) is 0 Å². The van der Waals surface area contributed by atoms with Crippen molar-refractivity contribution in [2.45, 2.75) is 6.10 Å². The summed E-state index contributed by atoms with van der Waals surface area (Å²) in [6, 6.07) is 0. The molecule has 1 aliphatic heterocycles. The fourth-order valence-electron chi connectivity index (χ4n) is 1.39. The molecule has 8 heteroatoms. The summed E-state index contributed by atoms with van der Waals surface area (Å²) in [6.45, 7) is 3.94. The van der Waals surface area contributed by atoms with E-state index >= 15 is 0 Å². The van der Waals surface area contributed by atoms with Gasteiger partial charge < -0.3 is 29.0 Å². The molecule has 0 radical (unpaired) electrons. The molecule has 1 atom stereocenters. The van der Waals surface area contributed by atoms with Crippen molar-refractivity contribution >= 4 is 29.2 Å². The van der Waals surface area contributed by atoms with E-state index in [0.29, 0.717) is 57.1 Å². The molecule has 0 amide bonds. The molecule has 0 saturated carbocycles. The number of thiol groups is 1. The minimum atomic E-state index is -0.117. The summed E-state index contributed by atoms with van der Waals surface area (Å²) in [5.74, 6) is 0.